The van der Waals surface area contributed by atoms with E-state index >= 15 is 0 Å². The van der Waals surface area contributed by atoms with E-state index in [1.54, 1.807) is 0 Å². The van der Waals surface area contributed by atoms with Crippen molar-refractivity contribution in [3.63, 3.8) is 0 Å². The Kier molecular flexibility index (Phi) is 5.94. The van der Waals surface area contributed by atoms with E-state index in [1.807, 2.05) is 54.3 Å². The first-order valence-corrected chi connectivity index (χ1v) is 10.9. The number of likely N-dealkylation sites (tertiary alicyclic amines) is 1. The first kappa shape index (κ1) is 18.9. The van der Waals surface area contributed by atoms with Crippen molar-refractivity contribution in [3.8, 4) is 0 Å². The monoisotopic (exact) mass is 374 g/mol. The summed E-state index contributed by atoms with van der Waals surface area (Å²) in [5, 5.41) is 2.01. The molecule has 0 aliphatic carbocycles. The third-order valence-electron chi connectivity index (χ3n) is 4.92. The van der Waals surface area contributed by atoms with E-state index in [-0.39, 0.29) is 17.7 Å². The Bertz CT molecular complexity index is 866. The van der Waals surface area contributed by atoms with Crippen LogP contribution in [0.5, 0.6) is 0 Å². The molecule has 140 valence electrons. The van der Waals surface area contributed by atoms with Gasteiger partial charge in [0.15, 0.2) is 0 Å². The molecule has 1 heterocycles. The Morgan fingerprint density at radius 3 is 2.54 bits per heavy atom. The molecule has 0 spiro atoms. The number of sulfonamides is 1. The minimum absolute atomic E-state index is 0.0223. The van der Waals surface area contributed by atoms with E-state index in [1.165, 1.54) is 0 Å². The molecule has 6 heteroatoms. The van der Waals surface area contributed by atoms with E-state index in [0.717, 1.165) is 17.2 Å². The third kappa shape index (κ3) is 4.43. The molecule has 26 heavy (non-hydrogen) atoms. The zero-order valence-electron chi connectivity index (χ0n) is 15.1. The van der Waals surface area contributed by atoms with Gasteiger partial charge in [-0.25, -0.2) is 13.1 Å². The van der Waals surface area contributed by atoms with Crippen LogP contribution in [0, 0.1) is 0 Å². The molecule has 1 amide bonds. The number of hydrogen-bond acceptors (Lipinski definition) is 3. The molecule has 0 unspecified atom stereocenters. The Balaban J connectivity index is 1.63. The fourth-order valence-corrected chi connectivity index (χ4v) is 4.96. The van der Waals surface area contributed by atoms with Gasteiger partial charge in [0.25, 0.3) is 5.91 Å². The van der Waals surface area contributed by atoms with Gasteiger partial charge in [-0.3, -0.25) is 4.79 Å². The van der Waals surface area contributed by atoms with Gasteiger partial charge in [0.2, 0.25) is 10.0 Å². The standard InChI is InChI=1S/C20H26N2O3S/c1-2-3-15-26(24,25)21-17-11-13-22(14-12-17)20(23)19-10-6-8-16-7-4-5-9-18(16)19/h4-10,17,21H,2-3,11-15H2,1H3. The summed E-state index contributed by atoms with van der Waals surface area (Å²) in [6, 6.07) is 13.6. The SMILES string of the molecule is CCCCS(=O)(=O)NC1CCN(C(=O)c2cccc3ccccc23)CC1. The van der Waals surface area contributed by atoms with Crippen molar-refractivity contribution in [2.75, 3.05) is 18.8 Å². The lowest BCUT2D eigenvalue weighted by atomic mass is 10.0. The van der Waals surface area contributed by atoms with E-state index in [4.69, 9.17) is 0 Å². The zero-order chi connectivity index (χ0) is 18.6. The maximum absolute atomic E-state index is 12.9. The van der Waals surface area contributed by atoms with Crippen molar-refractivity contribution >= 4 is 26.7 Å². The minimum Gasteiger partial charge on any atom is -0.339 e. The van der Waals surface area contributed by atoms with Crippen LogP contribution in [0.3, 0.4) is 0 Å². The van der Waals surface area contributed by atoms with Crippen molar-refractivity contribution in [1.29, 1.82) is 0 Å². The van der Waals surface area contributed by atoms with Gasteiger partial charge >= 0.3 is 0 Å². The number of rotatable bonds is 6. The second kappa shape index (κ2) is 8.18. The average molecular weight is 375 g/mol. The lowest BCUT2D eigenvalue weighted by molar-refractivity contribution is 0.0713. The highest BCUT2D eigenvalue weighted by Gasteiger charge is 2.26. The molecule has 0 radical (unpaired) electrons. The number of fused-ring (bicyclic) bond motifs is 1. The molecule has 0 atom stereocenters. The molecule has 0 bridgehead atoms. The maximum Gasteiger partial charge on any atom is 0.254 e. The first-order valence-electron chi connectivity index (χ1n) is 9.27. The summed E-state index contributed by atoms with van der Waals surface area (Å²) < 4.78 is 26.9. The molecule has 3 rings (SSSR count). The van der Waals surface area contributed by atoms with Gasteiger partial charge in [-0.05, 0) is 36.1 Å². The minimum atomic E-state index is -3.22. The Morgan fingerprint density at radius 1 is 1.12 bits per heavy atom. The molecule has 1 saturated heterocycles. The van der Waals surface area contributed by atoms with Gasteiger partial charge < -0.3 is 4.90 Å². The summed E-state index contributed by atoms with van der Waals surface area (Å²) in [7, 11) is -3.22. The normalized spacial score (nSPS) is 16.1. The Hall–Kier alpha value is -1.92. The predicted octanol–water partition coefficient (Wildman–Crippen LogP) is 3.16. The van der Waals surface area contributed by atoms with Crippen molar-refractivity contribution < 1.29 is 13.2 Å². The number of amides is 1. The molecule has 2 aromatic carbocycles. The van der Waals surface area contributed by atoms with Crippen LogP contribution in [0.2, 0.25) is 0 Å². The lowest BCUT2D eigenvalue weighted by Crippen LogP contribution is -2.47. The zero-order valence-corrected chi connectivity index (χ0v) is 16.0. The van der Waals surface area contributed by atoms with Crippen LogP contribution in [0.4, 0.5) is 0 Å². The molecular weight excluding hydrogens is 348 g/mol. The molecule has 5 nitrogen and oxygen atoms in total. The van der Waals surface area contributed by atoms with E-state index in [2.05, 4.69) is 4.72 Å². The van der Waals surface area contributed by atoms with Crippen molar-refractivity contribution in [2.24, 2.45) is 0 Å². The number of nitrogens with one attached hydrogen (secondary N) is 1. The van der Waals surface area contributed by atoms with Crippen LogP contribution in [0.15, 0.2) is 42.5 Å². The molecule has 1 N–H and O–H groups in total. The number of nitrogens with zero attached hydrogens (tertiary/aromatic N) is 1. The van der Waals surface area contributed by atoms with E-state index < -0.39 is 10.0 Å². The summed E-state index contributed by atoms with van der Waals surface area (Å²) in [6.07, 6.45) is 2.84. The number of carbonyl (C=O) groups excluding carboxylic acids is 1. The lowest BCUT2D eigenvalue weighted by Gasteiger charge is -2.32. The molecule has 1 aliphatic rings. The fraction of sp³-hybridized carbons (Fsp3) is 0.450. The van der Waals surface area contributed by atoms with Crippen LogP contribution < -0.4 is 4.72 Å². The molecule has 1 fully saturated rings. The molecule has 1 aliphatic heterocycles. The Morgan fingerprint density at radius 2 is 1.81 bits per heavy atom. The summed E-state index contributed by atoms with van der Waals surface area (Å²) in [5.41, 5.74) is 0.713. The quantitative estimate of drug-likeness (QED) is 0.845. The van der Waals surface area contributed by atoms with Gasteiger partial charge in [0.05, 0.1) is 5.75 Å². The fourth-order valence-electron chi connectivity index (χ4n) is 3.43. The largest absolute Gasteiger partial charge is 0.339 e. The number of carbonyl (C=O) groups is 1. The third-order valence-corrected chi connectivity index (χ3v) is 6.43. The Labute approximate surface area is 155 Å². The van der Waals surface area contributed by atoms with Crippen molar-refractivity contribution in [3.05, 3.63) is 48.0 Å². The number of benzene rings is 2. The van der Waals surface area contributed by atoms with E-state index in [0.29, 0.717) is 37.9 Å². The first-order chi connectivity index (χ1) is 12.5. The maximum atomic E-state index is 12.9. The van der Waals surface area contributed by atoms with Crippen LogP contribution in [0.1, 0.15) is 43.0 Å². The highest BCUT2D eigenvalue weighted by molar-refractivity contribution is 7.89. The van der Waals surface area contributed by atoms with Crippen molar-refractivity contribution in [1.82, 2.24) is 9.62 Å². The van der Waals surface area contributed by atoms with E-state index in [9.17, 15) is 13.2 Å². The molecular formula is C20H26N2O3S. The average Bonchev–Trinajstić information content (AvgIpc) is 2.66. The van der Waals surface area contributed by atoms with Crippen LogP contribution in [-0.2, 0) is 10.0 Å². The number of piperidine rings is 1. The number of unbranched alkanes of at least 4 members (excludes halogenated alkanes) is 1. The second-order valence-corrected chi connectivity index (χ2v) is 8.76. The highest BCUT2D eigenvalue weighted by atomic mass is 32.2. The molecule has 2 aromatic rings. The smallest absolute Gasteiger partial charge is 0.254 e. The summed E-state index contributed by atoms with van der Waals surface area (Å²) >= 11 is 0. The van der Waals surface area contributed by atoms with Gasteiger partial charge in [-0.1, -0.05) is 49.7 Å². The molecule has 0 saturated carbocycles. The van der Waals surface area contributed by atoms with Crippen LogP contribution in [-0.4, -0.2) is 44.1 Å². The topological polar surface area (TPSA) is 66.5 Å². The number of hydrogen-bond donors (Lipinski definition) is 1. The predicted molar refractivity (Wildman–Crippen MR) is 105 cm³/mol. The second-order valence-electron chi connectivity index (χ2n) is 6.88. The van der Waals surface area contributed by atoms with Gasteiger partial charge in [0, 0.05) is 24.7 Å². The summed E-state index contributed by atoms with van der Waals surface area (Å²) in [6.45, 7) is 3.12. The highest BCUT2D eigenvalue weighted by Crippen LogP contribution is 2.22. The van der Waals surface area contributed by atoms with Gasteiger partial charge in [0.1, 0.15) is 0 Å². The van der Waals surface area contributed by atoms with Gasteiger partial charge in [-0.15, -0.1) is 0 Å². The van der Waals surface area contributed by atoms with Crippen LogP contribution >= 0.6 is 0 Å². The summed E-state index contributed by atoms with van der Waals surface area (Å²) in [4.78, 5) is 14.8. The van der Waals surface area contributed by atoms with Crippen LogP contribution in [0.25, 0.3) is 10.8 Å². The van der Waals surface area contributed by atoms with Gasteiger partial charge in [-0.2, -0.15) is 0 Å². The summed E-state index contributed by atoms with van der Waals surface area (Å²) in [5.74, 6) is 0.202. The van der Waals surface area contributed by atoms with Crippen molar-refractivity contribution in [2.45, 2.75) is 38.6 Å². The molecule has 0 aromatic heterocycles.